The van der Waals surface area contributed by atoms with Crippen molar-refractivity contribution in [3.63, 3.8) is 0 Å². The summed E-state index contributed by atoms with van der Waals surface area (Å²) in [5, 5.41) is 1.17. The Morgan fingerprint density at radius 3 is 2.96 bits per heavy atom. The molecule has 0 bridgehead atoms. The number of pyridine rings is 2. The molecule has 1 aliphatic heterocycles. The lowest BCUT2D eigenvalue weighted by atomic mass is 9.96. The molecule has 4 heterocycles. The number of likely N-dealkylation sites (tertiary alicyclic amines) is 1. The maximum Gasteiger partial charge on any atom is 0.0947 e. The summed E-state index contributed by atoms with van der Waals surface area (Å²) in [4.78, 5) is 11.8. The molecule has 5 rings (SSSR count). The Labute approximate surface area is 164 Å². The molecule has 4 heteroatoms. The first-order chi connectivity index (χ1) is 13.8. The lowest BCUT2D eigenvalue weighted by molar-refractivity contribution is 0.325. The van der Waals surface area contributed by atoms with E-state index < -0.39 is 0 Å². The number of hydrogen-bond donors (Lipinski definition) is 0. The Morgan fingerprint density at radius 2 is 2.07 bits per heavy atom. The first-order valence-corrected chi connectivity index (χ1v) is 9.82. The van der Waals surface area contributed by atoms with Gasteiger partial charge in [0.2, 0.25) is 0 Å². The molecule has 1 atom stereocenters. The molecule has 0 radical (unpaired) electrons. The maximum atomic E-state index is 5.20. The number of benzene rings is 1. The molecule has 0 saturated carbocycles. The van der Waals surface area contributed by atoms with Crippen LogP contribution in [0.2, 0.25) is 0 Å². The molecule has 0 aliphatic carbocycles. The monoisotopic (exact) mass is 369 g/mol. The number of rotatable bonds is 4. The van der Waals surface area contributed by atoms with Crippen molar-refractivity contribution in [2.75, 3.05) is 13.1 Å². The Balaban J connectivity index is 1.43. The van der Waals surface area contributed by atoms with Gasteiger partial charge in [-0.1, -0.05) is 18.2 Å². The fourth-order valence-electron chi connectivity index (χ4n) is 4.27. The summed E-state index contributed by atoms with van der Waals surface area (Å²) < 4.78 is 5.20. The summed E-state index contributed by atoms with van der Waals surface area (Å²) in [7, 11) is 0. The molecule has 140 valence electrons. The molecule has 1 fully saturated rings. The molecule has 4 nitrogen and oxygen atoms in total. The van der Waals surface area contributed by atoms with Crippen LogP contribution in [-0.4, -0.2) is 28.0 Å². The highest BCUT2D eigenvalue weighted by Crippen LogP contribution is 2.33. The van der Waals surface area contributed by atoms with E-state index in [1.54, 1.807) is 6.26 Å². The van der Waals surface area contributed by atoms with Crippen molar-refractivity contribution in [2.24, 2.45) is 0 Å². The third kappa shape index (κ3) is 3.20. The highest BCUT2D eigenvalue weighted by Gasteiger charge is 2.24. The minimum absolute atomic E-state index is 0.545. The van der Waals surface area contributed by atoms with Crippen LogP contribution in [0, 0.1) is 6.92 Å². The minimum Gasteiger partial charge on any atom is -0.472 e. The Hall–Kier alpha value is -2.98. The predicted molar refractivity (Wildman–Crippen MR) is 111 cm³/mol. The summed E-state index contributed by atoms with van der Waals surface area (Å²) in [6.07, 6.45) is 8.58. The molecule has 3 aromatic heterocycles. The molecule has 0 N–H and O–H groups in total. The van der Waals surface area contributed by atoms with Gasteiger partial charge in [-0.3, -0.25) is 14.9 Å². The van der Waals surface area contributed by atoms with Crippen LogP contribution >= 0.6 is 0 Å². The lowest BCUT2D eigenvalue weighted by Crippen LogP contribution is -2.19. The molecule has 1 saturated heterocycles. The molecular weight excluding hydrogens is 346 g/mol. The summed E-state index contributed by atoms with van der Waals surface area (Å²) >= 11 is 0. The molecule has 0 unspecified atom stereocenters. The average molecular weight is 369 g/mol. The van der Waals surface area contributed by atoms with Gasteiger partial charge in [0.05, 0.1) is 23.7 Å². The zero-order valence-corrected chi connectivity index (χ0v) is 16.0. The number of furan rings is 1. The van der Waals surface area contributed by atoms with Crippen LogP contribution in [0.3, 0.4) is 0 Å². The van der Waals surface area contributed by atoms with Crippen molar-refractivity contribution >= 4 is 10.9 Å². The first kappa shape index (κ1) is 17.1. The number of aryl methyl sites for hydroxylation is 1. The van der Waals surface area contributed by atoms with Crippen LogP contribution in [0.5, 0.6) is 0 Å². The van der Waals surface area contributed by atoms with Gasteiger partial charge in [0.25, 0.3) is 0 Å². The largest absolute Gasteiger partial charge is 0.472 e. The van der Waals surface area contributed by atoms with E-state index in [-0.39, 0.29) is 0 Å². The maximum absolute atomic E-state index is 5.20. The van der Waals surface area contributed by atoms with Crippen LogP contribution in [-0.2, 0) is 6.54 Å². The first-order valence-electron chi connectivity index (χ1n) is 9.82. The van der Waals surface area contributed by atoms with Gasteiger partial charge in [-0.15, -0.1) is 0 Å². The van der Waals surface area contributed by atoms with Crippen LogP contribution in [0.1, 0.15) is 29.0 Å². The van der Waals surface area contributed by atoms with Crippen molar-refractivity contribution in [3.05, 3.63) is 84.1 Å². The highest BCUT2D eigenvalue weighted by molar-refractivity contribution is 5.95. The van der Waals surface area contributed by atoms with Crippen LogP contribution in [0.4, 0.5) is 0 Å². The summed E-state index contributed by atoms with van der Waals surface area (Å²) in [5.74, 6) is 0.545. The van der Waals surface area contributed by atoms with Gasteiger partial charge in [0.15, 0.2) is 0 Å². The van der Waals surface area contributed by atoms with E-state index in [2.05, 4.69) is 58.2 Å². The van der Waals surface area contributed by atoms with Crippen LogP contribution in [0.25, 0.3) is 22.2 Å². The average Bonchev–Trinajstić information content (AvgIpc) is 3.41. The van der Waals surface area contributed by atoms with Crippen molar-refractivity contribution in [1.29, 1.82) is 0 Å². The molecular formula is C24H23N3O. The quantitative estimate of drug-likeness (QED) is 0.497. The lowest BCUT2D eigenvalue weighted by Gasteiger charge is -2.16. The van der Waals surface area contributed by atoms with Crippen molar-refractivity contribution in [3.8, 4) is 11.3 Å². The number of nitrogens with zero attached hydrogens (tertiary/aromatic N) is 3. The van der Waals surface area contributed by atoms with E-state index in [4.69, 9.17) is 4.42 Å². The summed E-state index contributed by atoms with van der Waals surface area (Å²) in [5.41, 5.74) is 7.06. The number of aromatic nitrogens is 2. The topological polar surface area (TPSA) is 42.2 Å². The second kappa shape index (κ2) is 7.21. The van der Waals surface area contributed by atoms with E-state index in [9.17, 15) is 0 Å². The smallest absolute Gasteiger partial charge is 0.0947 e. The molecule has 1 aromatic carbocycles. The fourth-order valence-corrected chi connectivity index (χ4v) is 4.27. The van der Waals surface area contributed by atoms with Crippen molar-refractivity contribution in [2.45, 2.75) is 25.8 Å². The third-order valence-corrected chi connectivity index (χ3v) is 5.76. The number of fused-ring (bicyclic) bond motifs is 1. The highest BCUT2D eigenvalue weighted by atomic mass is 16.3. The Kier molecular flexibility index (Phi) is 4.41. The van der Waals surface area contributed by atoms with E-state index in [1.165, 1.54) is 28.5 Å². The summed E-state index contributed by atoms with van der Waals surface area (Å²) in [6, 6.07) is 14.9. The van der Waals surface area contributed by atoms with Gasteiger partial charge < -0.3 is 4.42 Å². The Bertz CT molecular complexity index is 1100. The van der Waals surface area contributed by atoms with Crippen LogP contribution < -0.4 is 0 Å². The molecule has 0 spiro atoms. The third-order valence-electron chi connectivity index (χ3n) is 5.76. The number of hydrogen-bond acceptors (Lipinski definition) is 4. The fraction of sp³-hybridized carbons (Fsp3) is 0.250. The Morgan fingerprint density at radius 1 is 1.11 bits per heavy atom. The van der Waals surface area contributed by atoms with E-state index >= 15 is 0 Å². The van der Waals surface area contributed by atoms with Gasteiger partial charge in [-0.25, -0.2) is 0 Å². The molecule has 28 heavy (non-hydrogen) atoms. The standard InChI is InChI=1S/C24H23N3O/c1-17-4-5-21(22-3-2-9-26-24(17)22)23-13-19(6-10-25-23)20-7-11-27(15-20)14-18-8-12-28-16-18/h2-6,8-10,12-13,16,20H,7,11,14-15H2,1H3/t20-/m0/s1. The van der Waals surface area contributed by atoms with Crippen LogP contribution in [0.15, 0.2) is 71.8 Å². The molecule has 4 aromatic rings. The van der Waals surface area contributed by atoms with E-state index in [1.807, 2.05) is 24.7 Å². The van der Waals surface area contributed by atoms with Crippen molar-refractivity contribution < 1.29 is 4.42 Å². The van der Waals surface area contributed by atoms with E-state index in [0.29, 0.717) is 5.92 Å². The second-order valence-electron chi connectivity index (χ2n) is 7.66. The van der Waals surface area contributed by atoms with Crippen molar-refractivity contribution in [1.82, 2.24) is 14.9 Å². The molecule has 1 aliphatic rings. The normalized spacial score (nSPS) is 17.4. The van der Waals surface area contributed by atoms with Gasteiger partial charge in [0.1, 0.15) is 0 Å². The molecule has 0 amide bonds. The van der Waals surface area contributed by atoms with Gasteiger partial charge in [0, 0.05) is 42.0 Å². The zero-order chi connectivity index (χ0) is 18.9. The van der Waals surface area contributed by atoms with Gasteiger partial charge >= 0.3 is 0 Å². The second-order valence-corrected chi connectivity index (χ2v) is 7.66. The van der Waals surface area contributed by atoms with E-state index in [0.717, 1.165) is 36.4 Å². The minimum atomic E-state index is 0.545. The SMILES string of the molecule is Cc1ccc(-c2cc([C@H]3CCN(Cc4ccoc4)C3)ccn2)c2cccnc12. The van der Waals surface area contributed by atoms with Gasteiger partial charge in [-0.05, 0) is 61.2 Å². The van der Waals surface area contributed by atoms with Gasteiger partial charge in [-0.2, -0.15) is 0 Å². The zero-order valence-electron chi connectivity index (χ0n) is 16.0. The summed E-state index contributed by atoms with van der Waals surface area (Å²) in [6.45, 7) is 5.25. The predicted octanol–water partition coefficient (Wildman–Crippen LogP) is 5.19.